The molecule has 6 heteroatoms. The second-order valence-electron chi connectivity index (χ2n) is 4.89. The number of halogens is 2. The third-order valence-corrected chi connectivity index (χ3v) is 3.93. The number of benzene rings is 1. The van der Waals surface area contributed by atoms with Gasteiger partial charge in [0.05, 0.1) is 11.7 Å². The molecule has 1 aliphatic rings. The van der Waals surface area contributed by atoms with E-state index in [4.69, 9.17) is 22.1 Å². The van der Waals surface area contributed by atoms with Gasteiger partial charge in [0.1, 0.15) is 5.82 Å². The molecule has 110 valence electrons. The average Bonchev–Trinajstić information content (AvgIpc) is 2.48. The fourth-order valence-corrected chi connectivity index (χ4v) is 2.71. The predicted molar refractivity (Wildman–Crippen MR) is 75.3 cm³/mol. The minimum atomic E-state index is -0.566. The van der Waals surface area contributed by atoms with Crippen LogP contribution < -0.4 is 5.73 Å². The lowest BCUT2D eigenvalue weighted by Crippen LogP contribution is -2.51. The summed E-state index contributed by atoms with van der Waals surface area (Å²) < 4.78 is 19.1. The minimum absolute atomic E-state index is 0.00758. The van der Waals surface area contributed by atoms with E-state index in [1.807, 2.05) is 0 Å². The Morgan fingerprint density at radius 2 is 2.35 bits per heavy atom. The van der Waals surface area contributed by atoms with Crippen LogP contribution >= 0.6 is 11.6 Å². The maximum Gasteiger partial charge on any atom is 0.257 e. The standard InChI is InChI=1S/C14H18ClFN2O2/c1-20-11-4-5-18(10(7-11)8-17)14(19)12-6-9(15)2-3-13(12)16/h2-3,6,10-11H,4-5,7-8,17H2,1H3. The van der Waals surface area contributed by atoms with Gasteiger partial charge in [-0.3, -0.25) is 4.79 Å². The van der Waals surface area contributed by atoms with Gasteiger partial charge in [-0.2, -0.15) is 0 Å². The maximum atomic E-state index is 13.8. The average molecular weight is 301 g/mol. The molecule has 20 heavy (non-hydrogen) atoms. The van der Waals surface area contributed by atoms with Crippen molar-refractivity contribution in [2.75, 3.05) is 20.2 Å². The van der Waals surface area contributed by atoms with Crippen LogP contribution in [0, 0.1) is 5.82 Å². The number of nitrogens with zero attached hydrogens (tertiary/aromatic N) is 1. The number of hydrogen-bond acceptors (Lipinski definition) is 3. The van der Waals surface area contributed by atoms with Crippen molar-refractivity contribution < 1.29 is 13.9 Å². The molecule has 4 nitrogen and oxygen atoms in total. The SMILES string of the molecule is COC1CCN(C(=O)c2cc(Cl)ccc2F)C(CN)C1. The molecule has 1 aromatic rings. The zero-order valence-electron chi connectivity index (χ0n) is 11.3. The fraction of sp³-hybridized carbons (Fsp3) is 0.500. The van der Waals surface area contributed by atoms with Gasteiger partial charge in [-0.15, -0.1) is 0 Å². The van der Waals surface area contributed by atoms with Crippen LogP contribution in [-0.2, 0) is 4.74 Å². The number of piperidine rings is 1. The number of likely N-dealkylation sites (tertiary alicyclic amines) is 1. The Hall–Kier alpha value is -1.17. The van der Waals surface area contributed by atoms with Crippen LogP contribution in [0.2, 0.25) is 5.02 Å². The summed E-state index contributed by atoms with van der Waals surface area (Å²) in [6, 6.07) is 3.84. The van der Waals surface area contributed by atoms with Crippen molar-refractivity contribution in [3.05, 3.63) is 34.6 Å². The zero-order chi connectivity index (χ0) is 14.7. The van der Waals surface area contributed by atoms with E-state index < -0.39 is 5.82 Å². The first-order valence-electron chi connectivity index (χ1n) is 6.55. The summed E-state index contributed by atoms with van der Waals surface area (Å²) in [5.41, 5.74) is 5.72. The molecule has 1 aromatic carbocycles. The van der Waals surface area contributed by atoms with E-state index in [1.54, 1.807) is 12.0 Å². The molecule has 2 N–H and O–H groups in total. The molecule has 2 atom stereocenters. The quantitative estimate of drug-likeness (QED) is 0.929. The second-order valence-corrected chi connectivity index (χ2v) is 5.33. The summed E-state index contributed by atoms with van der Waals surface area (Å²) in [5, 5.41) is 0.339. The third-order valence-electron chi connectivity index (χ3n) is 3.69. The molecular weight excluding hydrogens is 283 g/mol. The molecular formula is C14H18ClFN2O2. The molecule has 1 amide bonds. The largest absolute Gasteiger partial charge is 0.381 e. The molecule has 0 saturated carbocycles. The normalized spacial score (nSPS) is 22.9. The first kappa shape index (κ1) is 15.2. The van der Waals surface area contributed by atoms with Crippen molar-refractivity contribution in [3.63, 3.8) is 0 Å². The molecule has 0 bridgehead atoms. The van der Waals surface area contributed by atoms with Gasteiger partial charge in [0.25, 0.3) is 5.91 Å². The van der Waals surface area contributed by atoms with Gasteiger partial charge in [-0.05, 0) is 31.0 Å². The number of hydrogen-bond donors (Lipinski definition) is 1. The molecule has 1 aliphatic heterocycles. The molecule has 1 fully saturated rings. The Morgan fingerprint density at radius 3 is 3.00 bits per heavy atom. The van der Waals surface area contributed by atoms with Crippen molar-refractivity contribution in [2.24, 2.45) is 5.73 Å². The van der Waals surface area contributed by atoms with Gasteiger partial charge in [0.15, 0.2) is 0 Å². The number of methoxy groups -OCH3 is 1. The first-order chi connectivity index (χ1) is 9.56. The molecule has 0 aromatic heterocycles. The Labute approximate surface area is 122 Å². The van der Waals surface area contributed by atoms with Crippen molar-refractivity contribution in [2.45, 2.75) is 25.0 Å². The number of nitrogens with two attached hydrogens (primary N) is 1. The lowest BCUT2D eigenvalue weighted by molar-refractivity contribution is 0.0137. The summed E-state index contributed by atoms with van der Waals surface area (Å²) in [4.78, 5) is 14.1. The van der Waals surface area contributed by atoms with E-state index in [9.17, 15) is 9.18 Å². The summed E-state index contributed by atoms with van der Waals surface area (Å²) in [5.74, 6) is -0.931. The second kappa shape index (κ2) is 6.52. The van der Waals surface area contributed by atoms with E-state index in [1.165, 1.54) is 18.2 Å². The molecule has 2 unspecified atom stereocenters. The maximum absolute atomic E-state index is 13.8. The van der Waals surface area contributed by atoms with Crippen LogP contribution in [0.3, 0.4) is 0 Å². The number of carbonyl (C=O) groups excluding carboxylic acids is 1. The van der Waals surface area contributed by atoms with Gasteiger partial charge in [-0.25, -0.2) is 4.39 Å². The fourth-order valence-electron chi connectivity index (χ4n) is 2.54. The van der Waals surface area contributed by atoms with Gasteiger partial charge in [-0.1, -0.05) is 11.6 Å². The molecule has 0 spiro atoms. The lowest BCUT2D eigenvalue weighted by atomic mass is 9.98. The van der Waals surface area contributed by atoms with Crippen molar-refractivity contribution in [3.8, 4) is 0 Å². The molecule has 1 saturated heterocycles. The van der Waals surface area contributed by atoms with E-state index in [0.717, 1.165) is 6.42 Å². The van der Waals surface area contributed by atoms with Crippen LogP contribution in [0.4, 0.5) is 4.39 Å². The number of amides is 1. The Kier molecular flexibility index (Phi) is 4.96. The van der Waals surface area contributed by atoms with Gasteiger partial charge >= 0.3 is 0 Å². The van der Waals surface area contributed by atoms with Crippen LogP contribution in [0.5, 0.6) is 0 Å². The molecule has 0 aliphatic carbocycles. The van der Waals surface area contributed by atoms with E-state index in [0.29, 0.717) is 24.5 Å². The van der Waals surface area contributed by atoms with E-state index in [2.05, 4.69) is 0 Å². The monoisotopic (exact) mass is 300 g/mol. The van der Waals surface area contributed by atoms with Crippen LogP contribution in [0.25, 0.3) is 0 Å². The number of ether oxygens (including phenoxy) is 1. The highest BCUT2D eigenvalue weighted by Crippen LogP contribution is 2.23. The number of rotatable bonds is 3. The predicted octanol–water partition coefficient (Wildman–Crippen LogP) is 2.06. The Bertz CT molecular complexity index is 498. The zero-order valence-corrected chi connectivity index (χ0v) is 12.1. The topological polar surface area (TPSA) is 55.6 Å². The van der Waals surface area contributed by atoms with E-state index in [-0.39, 0.29) is 23.6 Å². The highest BCUT2D eigenvalue weighted by atomic mass is 35.5. The van der Waals surface area contributed by atoms with Crippen molar-refractivity contribution in [1.29, 1.82) is 0 Å². The highest BCUT2D eigenvalue weighted by Gasteiger charge is 2.32. The van der Waals surface area contributed by atoms with Crippen LogP contribution in [0.15, 0.2) is 18.2 Å². The first-order valence-corrected chi connectivity index (χ1v) is 6.93. The van der Waals surface area contributed by atoms with Gasteiger partial charge in [0.2, 0.25) is 0 Å². The van der Waals surface area contributed by atoms with Crippen molar-refractivity contribution in [1.82, 2.24) is 4.90 Å². The molecule has 1 heterocycles. The van der Waals surface area contributed by atoms with Crippen LogP contribution in [0.1, 0.15) is 23.2 Å². The van der Waals surface area contributed by atoms with E-state index >= 15 is 0 Å². The third kappa shape index (κ3) is 3.11. The van der Waals surface area contributed by atoms with Crippen molar-refractivity contribution >= 4 is 17.5 Å². The van der Waals surface area contributed by atoms with Crippen LogP contribution in [-0.4, -0.2) is 43.2 Å². The minimum Gasteiger partial charge on any atom is -0.381 e. The summed E-state index contributed by atoms with van der Waals surface area (Å²) in [6.07, 6.45) is 1.48. The summed E-state index contributed by atoms with van der Waals surface area (Å²) in [7, 11) is 1.65. The van der Waals surface area contributed by atoms with Gasteiger partial charge < -0.3 is 15.4 Å². The lowest BCUT2D eigenvalue weighted by Gasteiger charge is -2.38. The molecule has 2 rings (SSSR count). The Morgan fingerprint density at radius 1 is 1.60 bits per heavy atom. The summed E-state index contributed by atoms with van der Waals surface area (Å²) >= 11 is 5.83. The highest BCUT2D eigenvalue weighted by molar-refractivity contribution is 6.31. The number of carbonyl (C=O) groups is 1. The smallest absolute Gasteiger partial charge is 0.257 e. The Balaban J connectivity index is 2.21. The summed E-state index contributed by atoms with van der Waals surface area (Å²) in [6.45, 7) is 0.832. The van der Waals surface area contributed by atoms with Gasteiger partial charge in [0, 0.05) is 31.3 Å². The molecule has 0 radical (unpaired) electrons.